The molecule has 2 aliphatic rings. The van der Waals surface area contributed by atoms with E-state index in [9.17, 15) is 0 Å². The molecule has 0 fully saturated rings. The van der Waals surface area contributed by atoms with Crippen molar-refractivity contribution in [2.75, 3.05) is 9.62 Å². The first kappa shape index (κ1) is 18.5. The lowest BCUT2D eigenvalue weighted by molar-refractivity contribution is 0.964. The van der Waals surface area contributed by atoms with Crippen LogP contribution in [0.2, 0.25) is 0 Å². The summed E-state index contributed by atoms with van der Waals surface area (Å²) in [5.41, 5.74) is 7.73. The van der Waals surface area contributed by atoms with Gasteiger partial charge in [0.15, 0.2) is 0 Å². The average Bonchev–Trinajstić information content (AvgIpc) is 3.54. The van der Waals surface area contributed by atoms with Crippen LogP contribution in [0.1, 0.15) is 0 Å². The van der Waals surface area contributed by atoms with Crippen LogP contribution in [-0.2, 0) is 7.05 Å². The molecule has 3 nitrogen and oxygen atoms in total. The molecule has 34 heavy (non-hydrogen) atoms. The van der Waals surface area contributed by atoms with Gasteiger partial charge in [-0.05, 0) is 35.7 Å². The lowest BCUT2D eigenvalue weighted by atomic mass is 9.64. The van der Waals surface area contributed by atoms with Crippen molar-refractivity contribution in [2.24, 2.45) is 7.05 Å². The van der Waals surface area contributed by atoms with E-state index in [2.05, 4.69) is 124 Å². The van der Waals surface area contributed by atoms with Crippen LogP contribution in [0.5, 0.6) is 0 Å². The van der Waals surface area contributed by atoms with E-state index in [0.717, 1.165) is 0 Å². The third-order valence-electron chi connectivity index (χ3n) is 7.33. The minimum atomic E-state index is 0.0745. The standard InChI is InChI=1S/C29H20BN3S/c1-31-23-16-8-6-14-21(23)27-29(31)33-24-17-9-5-13-20(24)26-22-15-7-10-18-25(22)34-28(26)30(33)32(27)19-11-3-2-4-12-19/h2-18H,1H3. The quantitative estimate of drug-likeness (QED) is 0.247. The van der Waals surface area contributed by atoms with Crippen LogP contribution >= 0.6 is 11.3 Å². The number of thiophene rings is 1. The molecule has 0 spiro atoms. The molecule has 0 saturated heterocycles. The van der Waals surface area contributed by atoms with Crippen LogP contribution in [-0.4, -0.2) is 11.5 Å². The molecular formula is C29H20BN3S. The van der Waals surface area contributed by atoms with E-state index >= 15 is 0 Å². The van der Waals surface area contributed by atoms with Crippen LogP contribution in [0.3, 0.4) is 0 Å². The van der Waals surface area contributed by atoms with E-state index in [1.165, 1.54) is 59.8 Å². The minimum absolute atomic E-state index is 0.0745. The molecule has 8 rings (SSSR count). The van der Waals surface area contributed by atoms with E-state index < -0.39 is 0 Å². The first-order chi connectivity index (χ1) is 16.8. The summed E-state index contributed by atoms with van der Waals surface area (Å²) in [5, 5.41) is 2.64. The van der Waals surface area contributed by atoms with E-state index in [-0.39, 0.29) is 6.98 Å². The Morgan fingerprint density at radius 2 is 1.38 bits per heavy atom. The number of aromatic nitrogens is 1. The lowest BCUT2D eigenvalue weighted by Crippen LogP contribution is -2.54. The molecule has 0 N–H and O–H groups in total. The molecule has 0 aliphatic carbocycles. The zero-order valence-electron chi connectivity index (χ0n) is 18.6. The molecule has 0 unspecified atom stereocenters. The Morgan fingerprint density at radius 1 is 0.676 bits per heavy atom. The average molecular weight is 453 g/mol. The van der Waals surface area contributed by atoms with Gasteiger partial charge in [0.25, 0.3) is 0 Å². The summed E-state index contributed by atoms with van der Waals surface area (Å²) >= 11 is 1.93. The Hall–Kier alpha value is -3.96. The molecule has 0 atom stereocenters. The van der Waals surface area contributed by atoms with Gasteiger partial charge in [-0.2, -0.15) is 0 Å². The van der Waals surface area contributed by atoms with Gasteiger partial charge in [-0.25, -0.2) is 0 Å². The second-order valence-electron chi connectivity index (χ2n) is 9.05. The molecule has 4 heterocycles. The van der Waals surface area contributed by atoms with Crippen molar-refractivity contribution in [3.8, 4) is 11.1 Å². The maximum absolute atomic E-state index is 2.56. The first-order valence-corrected chi connectivity index (χ1v) is 12.5. The second kappa shape index (κ2) is 6.55. The van der Waals surface area contributed by atoms with Crippen LogP contribution < -0.4 is 14.4 Å². The minimum Gasteiger partial charge on any atom is -0.357 e. The molecule has 2 aliphatic heterocycles. The van der Waals surface area contributed by atoms with Crippen molar-refractivity contribution in [3.05, 3.63) is 103 Å². The number of nitrogens with zero attached hydrogens (tertiary/aromatic N) is 3. The first-order valence-electron chi connectivity index (χ1n) is 11.6. The van der Waals surface area contributed by atoms with E-state index in [1.54, 1.807) is 0 Å². The number of aryl methyl sites for hydroxylation is 1. The van der Waals surface area contributed by atoms with Gasteiger partial charge in [-0.15, -0.1) is 11.3 Å². The molecule has 0 amide bonds. The number of fused-ring (bicyclic) bond motifs is 12. The third-order valence-corrected chi connectivity index (χ3v) is 8.54. The number of hydrogen-bond donors (Lipinski definition) is 0. The van der Waals surface area contributed by atoms with Gasteiger partial charge in [-0.1, -0.05) is 72.8 Å². The Kier molecular flexibility index (Phi) is 3.56. The topological polar surface area (TPSA) is 11.4 Å². The Bertz CT molecular complexity index is 1750. The van der Waals surface area contributed by atoms with Crippen molar-refractivity contribution in [2.45, 2.75) is 0 Å². The van der Waals surface area contributed by atoms with Crippen LogP contribution in [0, 0.1) is 0 Å². The SMILES string of the molecule is Cn1c2c(c3ccccc31)N(c1ccccc1)B1c3sc4ccccc4c3-c3ccccc3N12. The highest BCUT2D eigenvalue weighted by Crippen LogP contribution is 2.55. The van der Waals surface area contributed by atoms with Gasteiger partial charge in [-0.3, -0.25) is 0 Å². The molecule has 0 bridgehead atoms. The summed E-state index contributed by atoms with van der Waals surface area (Å²) in [6.45, 7) is 0.0745. The maximum atomic E-state index is 2.56. The number of para-hydroxylation sites is 3. The van der Waals surface area contributed by atoms with Crippen LogP contribution in [0.4, 0.5) is 22.9 Å². The smallest absolute Gasteiger partial charge is 0.357 e. The highest BCUT2D eigenvalue weighted by atomic mass is 32.1. The fourth-order valence-electron chi connectivity index (χ4n) is 5.98. The van der Waals surface area contributed by atoms with Crippen LogP contribution in [0.25, 0.3) is 32.1 Å². The molecule has 6 aromatic rings. The predicted octanol–water partition coefficient (Wildman–Crippen LogP) is 7.06. The summed E-state index contributed by atoms with van der Waals surface area (Å²) in [7, 11) is 2.20. The molecular weight excluding hydrogens is 433 g/mol. The fourth-order valence-corrected chi connectivity index (χ4v) is 7.29. The fraction of sp³-hybridized carbons (Fsp3) is 0.0345. The Labute approximate surface area is 202 Å². The van der Waals surface area contributed by atoms with Gasteiger partial charge < -0.3 is 14.2 Å². The molecule has 4 aromatic carbocycles. The van der Waals surface area contributed by atoms with Crippen LogP contribution in [0.15, 0.2) is 103 Å². The van der Waals surface area contributed by atoms with Gasteiger partial charge in [0.05, 0.1) is 11.2 Å². The summed E-state index contributed by atoms with van der Waals surface area (Å²) in [4.78, 5) is 5.12. The summed E-state index contributed by atoms with van der Waals surface area (Å²) in [5.74, 6) is 1.26. The van der Waals surface area contributed by atoms with E-state index in [1.807, 2.05) is 11.3 Å². The second-order valence-corrected chi connectivity index (χ2v) is 10.1. The lowest BCUT2D eigenvalue weighted by Gasteiger charge is -2.35. The zero-order valence-corrected chi connectivity index (χ0v) is 19.5. The Balaban J connectivity index is 1.54. The third kappa shape index (κ3) is 2.18. The predicted molar refractivity (Wildman–Crippen MR) is 146 cm³/mol. The van der Waals surface area contributed by atoms with Crippen molar-refractivity contribution in [1.29, 1.82) is 0 Å². The molecule has 0 saturated carbocycles. The van der Waals surface area contributed by atoms with Crippen molar-refractivity contribution in [3.63, 3.8) is 0 Å². The van der Waals surface area contributed by atoms with Gasteiger partial charge in [0, 0.05) is 44.4 Å². The maximum Gasteiger partial charge on any atom is 0.433 e. The monoisotopic (exact) mass is 453 g/mol. The van der Waals surface area contributed by atoms with Crippen molar-refractivity contribution >= 4 is 67.0 Å². The van der Waals surface area contributed by atoms with E-state index in [4.69, 9.17) is 0 Å². The molecule has 0 radical (unpaired) electrons. The molecule has 160 valence electrons. The van der Waals surface area contributed by atoms with Gasteiger partial charge >= 0.3 is 6.98 Å². The summed E-state index contributed by atoms with van der Waals surface area (Å²) < 4.78 is 5.12. The highest BCUT2D eigenvalue weighted by Gasteiger charge is 2.51. The molecule has 5 heteroatoms. The van der Waals surface area contributed by atoms with Crippen molar-refractivity contribution in [1.82, 2.24) is 4.57 Å². The van der Waals surface area contributed by atoms with Gasteiger partial charge in [0.2, 0.25) is 0 Å². The zero-order chi connectivity index (χ0) is 22.4. The molecule has 2 aromatic heterocycles. The number of rotatable bonds is 1. The summed E-state index contributed by atoms with van der Waals surface area (Å²) in [6.07, 6.45) is 0. The highest BCUT2D eigenvalue weighted by molar-refractivity contribution is 7.31. The summed E-state index contributed by atoms with van der Waals surface area (Å²) in [6, 6.07) is 37.4. The largest absolute Gasteiger partial charge is 0.433 e. The van der Waals surface area contributed by atoms with E-state index in [0.29, 0.717) is 0 Å². The number of anilines is 4. The normalized spacial score (nSPS) is 13.9. The number of hydrogen-bond acceptors (Lipinski definition) is 3. The van der Waals surface area contributed by atoms with Gasteiger partial charge in [0.1, 0.15) is 5.82 Å². The van der Waals surface area contributed by atoms with Crippen molar-refractivity contribution < 1.29 is 0 Å². The number of benzene rings is 4. The Morgan fingerprint density at radius 3 is 2.26 bits per heavy atom.